The molecule has 0 unspecified atom stereocenters. The number of benzene rings is 3. The van der Waals surface area contributed by atoms with Gasteiger partial charge in [-0.05, 0) is 49.2 Å². The third-order valence-corrected chi connectivity index (χ3v) is 8.42. The topological polar surface area (TPSA) is 80.1 Å². The molecule has 0 fully saturated rings. The van der Waals surface area contributed by atoms with Gasteiger partial charge in [-0.3, -0.25) is 14.5 Å². The number of aromatic nitrogens is 3. The minimum Gasteiger partial charge on any atom is -0.342 e. The number of nitrogens with zero attached hydrogens (tertiary/aromatic N) is 4. The zero-order chi connectivity index (χ0) is 26.6. The first-order chi connectivity index (χ1) is 18.5. The average Bonchev–Trinajstić information content (AvgIpc) is 3.35. The number of thioether (sulfide) groups is 1. The molecule has 3 aromatic carbocycles. The first-order valence-corrected chi connectivity index (χ1v) is 14.4. The normalized spacial score (nSPS) is 13.1. The van der Waals surface area contributed by atoms with Gasteiger partial charge in [-0.1, -0.05) is 79.8 Å². The van der Waals surface area contributed by atoms with Crippen LogP contribution in [0.4, 0.5) is 11.4 Å². The number of amides is 2. The molecule has 1 aliphatic rings. The Balaban J connectivity index is 1.36. The van der Waals surface area contributed by atoms with Crippen LogP contribution in [0.15, 0.2) is 93.8 Å². The maximum atomic E-state index is 13.6. The summed E-state index contributed by atoms with van der Waals surface area (Å²) >= 11 is 3.04. The molecule has 0 spiro atoms. The first kappa shape index (κ1) is 26.1. The highest BCUT2D eigenvalue weighted by Crippen LogP contribution is 2.48. The second-order valence-corrected chi connectivity index (χ2v) is 11.2. The highest BCUT2D eigenvalue weighted by molar-refractivity contribution is 8.00. The van der Waals surface area contributed by atoms with Crippen molar-refractivity contribution in [3.05, 3.63) is 90.3 Å². The van der Waals surface area contributed by atoms with Crippen LogP contribution in [0.5, 0.6) is 0 Å². The van der Waals surface area contributed by atoms with Crippen molar-refractivity contribution in [1.82, 2.24) is 20.1 Å². The summed E-state index contributed by atoms with van der Waals surface area (Å²) in [5.41, 5.74) is 2.38. The van der Waals surface area contributed by atoms with Crippen molar-refractivity contribution in [2.24, 2.45) is 5.92 Å². The van der Waals surface area contributed by atoms with Gasteiger partial charge in [0.15, 0.2) is 11.0 Å². The molecule has 9 heteroatoms. The second kappa shape index (κ2) is 11.4. The van der Waals surface area contributed by atoms with Gasteiger partial charge >= 0.3 is 0 Å². The van der Waals surface area contributed by atoms with Crippen LogP contribution < -0.4 is 10.2 Å². The molecule has 0 saturated heterocycles. The van der Waals surface area contributed by atoms with Crippen molar-refractivity contribution in [3.63, 3.8) is 0 Å². The number of carbonyl (C=O) groups excluding carboxylic acids is 2. The summed E-state index contributed by atoms with van der Waals surface area (Å²) in [6.45, 7) is 6.73. The molecule has 0 radical (unpaired) electrons. The molecule has 0 bridgehead atoms. The maximum absolute atomic E-state index is 13.6. The van der Waals surface area contributed by atoms with Crippen molar-refractivity contribution >= 4 is 46.7 Å². The predicted octanol–water partition coefficient (Wildman–Crippen LogP) is 6.35. The summed E-state index contributed by atoms with van der Waals surface area (Å²) in [5.74, 6) is 0.802. The Bertz CT molecular complexity index is 1410. The quantitative estimate of drug-likeness (QED) is 0.261. The lowest BCUT2D eigenvalue weighted by Gasteiger charge is -2.31. The maximum Gasteiger partial charge on any atom is 0.251 e. The van der Waals surface area contributed by atoms with E-state index >= 15 is 0 Å². The van der Waals surface area contributed by atoms with Crippen molar-refractivity contribution in [2.75, 3.05) is 10.7 Å². The molecule has 5 rings (SSSR count). The van der Waals surface area contributed by atoms with Gasteiger partial charge in [0.1, 0.15) is 0 Å². The van der Waals surface area contributed by atoms with Gasteiger partial charge in [-0.2, -0.15) is 0 Å². The van der Waals surface area contributed by atoms with Crippen LogP contribution in [-0.2, 0) is 11.3 Å². The third kappa shape index (κ3) is 5.21. The van der Waals surface area contributed by atoms with Crippen LogP contribution in [0, 0.1) is 5.92 Å². The number of rotatable bonds is 8. The van der Waals surface area contributed by atoms with Crippen molar-refractivity contribution < 1.29 is 9.59 Å². The summed E-state index contributed by atoms with van der Waals surface area (Å²) in [6, 6.07) is 24.8. The smallest absolute Gasteiger partial charge is 0.251 e. The zero-order valence-electron chi connectivity index (χ0n) is 21.5. The number of fused-ring (bicyclic) bond motifs is 2. The summed E-state index contributed by atoms with van der Waals surface area (Å²) in [7, 11) is 0. The summed E-state index contributed by atoms with van der Waals surface area (Å²) < 4.78 is 1.99. The molecule has 1 atom stereocenters. The van der Waals surface area contributed by atoms with Crippen molar-refractivity contribution in [1.29, 1.82) is 0 Å². The molecule has 38 heavy (non-hydrogen) atoms. The fourth-order valence-corrected chi connectivity index (χ4v) is 6.36. The van der Waals surface area contributed by atoms with Crippen LogP contribution in [0.1, 0.15) is 43.0 Å². The third-order valence-electron chi connectivity index (χ3n) is 6.34. The lowest BCUT2D eigenvalue weighted by atomic mass is 10.0. The van der Waals surface area contributed by atoms with Crippen LogP contribution in [-0.4, -0.2) is 32.3 Å². The van der Waals surface area contributed by atoms with E-state index in [4.69, 9.17) is 0 Å². The second-order valence-electron chi connectivity index (χ2n) is 9.20. The fourth-order valence-electron chi connectivity index (χ4n) is 4.44. The van der Waals surface area contributed by atoms with Gasteiger partial charge in [0, 0.05) is 21.9 Å². The van der Waals surface area contributed by atoms with Gasteiger partial charge < -0.3 is 9.88 Å². The van der Waals surface area contributed by atoms with E-state index in [9.17, 15) is 9.59 Å². The van der Waals surface area contributed by atoms with E-state index < -0.39 is 0 Å². The summed E-state index contributed by atoms with van der Waals surface area (Å²) in [6.07, 6.45) is 0. The number of hydrogen-bond donors (Lipinski definition) is 1. The summed E-state index contributed by atoms with van der Waals surface area (Å²) in [4.78, 5) is 30.4. The molecule has 7 nitrogen and oxygen atoms in total. The molecule has 0 saturated carbocycles. The van der Waals surface area contributed by atoms with E-state index in [0.717, 1.165) is 21.2 Å². The van der Waals surface area contributed by atoms with E-state index in [2.05, 4.69) is 15.5 Å². The van der Waals surface area contributed by atoms with Crippen LogP contribution in [0.25, 0.3) is 0 Å². The Morgan fingerprint density at radius 3 is 2.11 bits per heavy atom. The van der Waals surface area contributed by atoms with E-state index in [1.807, 2.05) is 92.1 Å². The molecule has 2 amide bonds. The lowest BCUT2D eigenvalue weighted by Crippen LogP contribution is -2.33. The van der Waals surface area contributed by atoms with E-state index in [1.54, 1.807) is 28.8 Å². The van der Waals surface area contributed by atoms with E-state index in [0.29, 0.717) is 23.1 Å². The number of nitrogens with one attached hydrogen (secondary N) is 1. The van der Waals surface area contributed by atoms with Gasteiger partial charge in [0.2, 0.25) is 5.91 Å². The Hall–Kier alpha value is -3.56. The molecular weight excluding hydrogens is 514 g/mol. The first-order valence-electron chi connectivity index (χ1n) is 12.6. The molecule has 0 aliphatic carbocycles. The molecule has 4 aromatic rings. The standard InChI is InChI=1S/C29H29N5O2S2/c1-4-33-27(26(19(2)3)30-28(36)20-12-6-5-7-13-20)31-32-29(33)37-18-25(35)34-21-14-8-10-16-23(21)38-24-17-11-9-15-22(24)34/h5-17,19,26H,4,18H2,1-3H3,(H,30,36)/t26-/m1/s1. The molecule has 194 valence electrons. The van der Waals surface area contributed by atoms with Gasteiger partial charge in [-0.15, -0.1) is 10.2 Å². The summed E-state index contributed by atoms with van der Waals surface area (Å²) in [5, 5.41) is 12.7. The Morgan fingerprint density at radius 1 is 0.895 bits per heavy atom. The number of carbonyl (C=O) groups is 2. The van der Waals surface area contributed by atoms with Crippen LogP contribution in [0.3, 0.4) is 0 Å². The van der Waals surface area contributed by atoms with Crippen LogP contribution in [0.2, 0.25) is 0 Å². The van der Waals surface area contributed by atoms with Crippen LogP contribution >= 0.6 is 23.5 Å². The van der Waals surface area contributed by atoms with E-state index in [-0.39, 0.29) is 29.5 Å². The lowest BCUT2D eigenvalue weighted by molar-refractivity contribution is -0.115. The zero-order valence-corrected chi connectivity index (χ0v) is 23.1. The number of anilines is 2. The average molecular weight is 544 g/mol. The van der Waals surface area contributed by atoms with Gasteiger partial charge in [0.05, 0.1) is 23.2 Å². The molecule has 1 N–H and O–H groups in total. The Kier molecular flexibility index (Phi) is 7.85. The fraction of sp³-hybridized carbons (Fsp3) is 0.241. The Labute approximate surface area is 231 Å². The largest absolute Gasteiger partial charge is 0.342 e. The molecule has 2 heterocycles. The number of para-hydroxylation sites is 2. The Morgan fingerprint density at radius 2 is 1.50 bits per heavy atom. The van der Waals surface area contributed by atoms with E-state index in [1.165, 1.54) is 11.8 Å². The SMILES string of the molecule is CCn1c(SCC(=O)N2c3ccccc3Sc3ccccc32)nnc1[C@H](NC(=O)c1ccccc1)C(C)C. The molecule has 1 aromatic heterocycles. The number of hydrogen-bond acceptors (Lipinski definition) is 6. The minimum absolute atomic E-state index is 0.0276. The van der Waals surface area contributed by atoms with Gasteiger partial charge in [-0.25, -0.2) is 0 Å². The van der Waals surface area contributed by atoms with Crippen molar-refractivity contribution in [2.45, 2.75) is 48.3 Å². The highest BCUT2D eigenvalue weighted by Gasteiger charge is 2.29. The molecular formula is C29H29N5O2S2. The van der Waals surface area contributed by atoms with Gasteiger partial charge in [0.25, 0.3) is 5.91 Å². The minimum atomic E-state index is -0.321. The highest BCUT2D eigenvalue weighted by atomic mass is 32.2. The monoisotopic (exact) mass is 543 g/mol. The van der Waals surface area contributed by atoms with Crippen molar-refractivity contribution in [3.8, 4) is 0 Å². The molecule has 1 aliphatic heterocycles. The predicted molar refractivity (Wildman–Crippen MR) is 152 cm³/mol.